The third kappa shape index (κ3) is 1.67. The standard InChI is InChI=1S/C10H8ClN3/c11-10-4-9(12)8(6-14-10)7-2-1-3-13-5-7/h1-6H,(H2,12,14). The summed E-state index contributed by atoms with van der Waals surface area (Å²) >= 11 is 5.70. The van der Waals surface area contributed by atoms with Crippen LogP contribution < -0.4 is 5.73 Å². The summed E-state index contributed by atoms with van der Waals surface area (Å²) < 4.78 is 0. The zero-order chi connectivity index (χ0) is 9.97. The molecule has 0 aliphatic rings. The Morgan fingerprint density at radius 3 is 2.79 bits per heavy atom. The van der Waals surface area contributed by atoms with Crippen LogP contribution in [0.1, 0.15) is 0 Å². The van der Waals surface area contributed by atoms with Crippen LogP contribution in [0.3, 0.4) is 0 Å². The van der Waals surface area contributed by atoms with Gasteiger partial charge in [0.2, 0.25) is 0 Å². The van der Waals surface area contributed by atoms with Crippen molar-refractivity contribution in [2.45, 2.75) is 0 Å². The van der Waals surface area contributed by atoms with Crippen LogP contribution in [-0.2, 0) is 0 Å². The molecule has 0 spiro atoms. The minimum atomic E-state index is 0.398. The van der Waals surface area contributed by atoms with E-state index in [4.69, 9.17) is 17.3 Å². The highest BCUT2D eigenvalue weighted by Crippen LogP contribution is 2.25. The minimum absolute atomic E-state index is 0.398. The normalized spacial score (nSPS) is 10.1. The first-order valence-electron chi connectivity index (χ1n) is 4.09. The number of nitrogens with zero attached hydrogens (tertiary/aromatic N) is 2. The van der Waals surface area contributed by atoms with Crippen molar-refractivity contribution in [3.63, 3.8) is 0 Å². The average Bonchev–Trinajstić information content (AvgIpc) is 2.19. The molecule has 2 aromatic heterocycles. The lowest BCUT2D eigenvalue weighted by atomic mass is 10.1. The van der Waals surface area contributed by atoms with Gasteiger partial charge in [-0.3, -0.25) is 4.98 Å². The molecule has 0 amide bonds. The number of aromatic nitrogens is 2. The summed E-state index contributed by atoms with van der Waals surface area (Å²) in [5.74, 6) is 0. The van der Waals surface area contributed by atoms with E-state index in [1.165, 1.54) is 0 Å². The summed E-state index contributed by atoms with van der Waals surface area (Å²) in [4.78, 5) is 7.98. The van der Waals surface area contributed by atoms with E-state index >= 15 is 0 Å². The van der Waals surface area contributed by atoms with Crippen LogP contribution in [0.25, 0.3) is 11.1 Å². The van der Waals surface area contributed by atoms with Crippen molar-refractivity contribution in [1.82, 2.24) is 9.97 Å². The number of halogens is 1. The Labute approximate surface area is 86.6 Å². The highest BCUT2D eigenvalue weighted by atomic mass is 35.5. The maximum absolute atomic E-state index is 5.80. The summed E-state index contributed by atoms with van der Waals surface area (Å²) in [5, 5.41) is 0.398. The predicted octanol–water partition coefficient (Wildman–Crippen LogP) is 2.38. The van der Waals surface area contributed by atoms with E-state index in [-0.39, 0.29) is 0 Å². The summed E-state index contributed by atoms with van der Waals surface area (Å²) in [6, 6.07) is 5.40. The first kappa shape index (κ1) is 8.97. The maximum atomic E-state index is 5.80. The van der Waals surface area contributed by atoms with Gasteiger partial charge in [0.1, 0.15) is 5.15 Å². The zero-order valence-corrected chi connectivity index (χ0v) is 8.07. The molecule has 0 aliphatic heterocycles. The lowest BCUT2D eigenvalue weighted by Gasteiger charge is -2.04. The Kier molecular flexibility index (Phi) is 2.33. The van der Waals surface area contributed by atoms with Crippen LogP contribution in [0.15, 0.2) is 36.8 Å². The van der Waals surface area contributed by atoms with Crippen LogP contribution in [-0.4, -0.2) is 9.97 Å². The largest absolute Gasteiger partial charge is 0.398 e. The molecule has 2 aromatic rings. The molecule has 0 atom stereocenters. The zero-order valence-electron chi connectivity index (χ0n) is 7.31. The number of rotatable bonds is 1. The van der Waals surface area contributed by atoms with Crippen molar-refractivity contribution in [3.05, 3.63) is 41.9 Å². The molecule has 0 radical (unpaired) electrons. The number of pyridine rings is 2. The molecule has 14 heavy (non-hydrogen) atoms. The van der Waals surface area contributed by atoms with Crippen LogP contribution in [0.5, 0.6) is 0 Å². The van der Waals surface area contributed by atoms with Gasteiger partial charge >= 0.3 is 0 Å². The van der Waals surface area contributed by atoms with Crippen molar-refractivity contribution in [1.29, 1.82) is 0 Å². The molecule has 2 rings (SSSR count). The molecule has 3 nitrogen and oxygen atoms in total. The SMILES string of the molecule is Nc1cc(Cl)ncc1-c1cccnc1. The van der Waals surface area contributed by atoms with Crippen molar-refractivity contribution < 1.29 is 0 Å². The highest BCUT2D eigenvalue weighted by Gasteiger charge is 2.03. The van der Waals surface area contributed by atoms with Gasteiger partial charge < -0.3 is 5.73 Å². The Morgan fingerprint density at radius 1 is 1.29 bits per heavy atom. The van der Waals surface area contributed by atoms with Crippen molar-refractivity contribution >= 4 is 17.3 Å². The van der Waals surface area contributed by atoms with Gasteiger partial charge in [0, 0.05) is 35.4 Å². The monoisotopic (exact) mass is 205 g/mol. The molecule has 0 saturated heterocycles. The molecule has 4 heteroatoms. The fourth-order valence-electron chi connectivity index (χ4n) is 1.21. The first-order valence-corrected chi connectivity index (χ1v) is 4.46. The second-order valence-corrected chi connectivity index (χ2v) is 3.22. The molecular weight excluding hydrogens is 198 g/mol. The van der Waals surface area contributed by atoms with Crippen molar-refractivity contribution in [3.8, 4) is 11.1 Å². The second-order valence-electron chi connectivity index (χ2n) is 2.84. The Balaban J connectivity index is 2.53. The summed E-state index contributed by atoms with van der Waals surface area (Å²) in [6.07, 6.45) is 5.10. The quantitative estimate of drug-likeness (QED) is 0.728. The molecule has 70 valence electrons. The molecule has 0 fully saturated rings. The van der Waals surface area contributed by atoms with Crippen molar-refractivity contribution in [2.24, 2.45) is 0 Å². The van der Waals surface area contributed by atoms with Gasteiger partial charge in [0.05, 0.1) is 0 Å². The smallest absolute Gasteiger partial charge is 0.131 e. The molecule has 0 bridgehead atoms. The van der Waals surface area contributed by atoms with Gasteiger partial charge in [-0.1, -0.05) is 17.7 Å². The lowest BCUT2D eigenvalue weighted by Crippen LogP contribution is -1.91. The van der Waals surface area contributed by atoms with E-state index in [2.05, 4.69) is 9.97 Å². The predicted molar refractivity (Wildman–Crippen MR) is 56.9 cm³/mol. The average molecular weight is 206 g/mol. The number of hydrogen-bond donors (Lipinski definition) is 1. The van der Waals surface area contributed by atoms with Gasteiger partial charge in [0.15, 0.2) is 0 Å². The number of anilines is 1. The van der Waals surface area contributed by atoms with E-state index in [1.54, 1.807) is 24.7 Å². The lowest BCUT2D eigenvalue weighted by molar-refractivity contribution is 1.30. The number of nitrogen functional groups attached to an aromatic ring is 1. The van der Waals surface area contributed by atoms with Gasteiger partial charge in [-0.05, 0) is 12.1 Å². The van der Waals surface area contributed by atoms with E-state index in [0.29, 0.717) is 10.8 Å². The maximum Gasteiger partial charge on any atom is 0.131 e. The van der Waals surface area contributed by atoms with Crippen LogP contribution >= 0.6 is 11.6 Å². The highest BCUT2D eigenvalue weighted by molar-refractivity contribution is 6.29. The minimum Gasteiger partial charge on any atom is -0.398 e. The second kappa shape index (κ2) is 3.64. The third-order valence-electron chi connectivity index (χ3n) is 1.88. The number of hydrogen-bond acceptors (Lipinski definition) is 3. The summed E-state index contributed by atoms with van der Waals surface area (Å²) in [7, 11) is 0. The molecular formula is C10H8ClN3. The van der Waals surface area contributed by atoms with Gasteiger partial charge in [-0.15, -0.1) is 0 Å². The van der Waals surface area contributed by atoms with Crippen molar-refractivity contribution in [2.75, 3.05) is 5.73 Å². The fraction of sp³-hybridized carbons (Fsp3) is 0. The third-order valence-corrected chi connectivity index (χ3v) is 2.08. The van der Waals surface area contributed by atoms with Crippen LogP contribution in [0, 0.1) is 0 Å². The van der Waals surface area contributed by atoms with E-state index in [0.717, 1.165) is 11.1 Å². The topological polar surface area (TPSA) is 51.8 Å². The fourth-order valence-corrected chi connectivity index (χ4v) is 1.37. The Morgan fingerprint density at radius 2 is 2.14 bits per heavy atom. The van der Waals surface area contributed by atoms with E-state index in [9.17, 15) is 0 Å². The molecule has 0 unspecified atom stereocenters. The molecule has 0 aliphatic carbocycles. The molecule has 0 aromatic carbocycles. The van der Waals surface area contributed by atoms with E-state index in [1.807, 2.05) is 12.1 Å². The molecule has 2 N–H and O–H groups in total. The van der Waals surface area contributed by atoms with Crippen LogP contribution in [0.4, 0.5) is 5.69 Å². The Bertz CT molecular complexity index is 442. The van der Waals surface area contributed by atoms with Crippen LogP contribution in [0.2, 0.25) is 5.15 Å². The van der Waals surface area contributed by atoms with Gasteiger partial charge in [0.25, 0.3) is 0 Å². The first-order chi connectivity index (χ1) is 6.77. The Hall–Kier alpha value is -1.61. The summed E-state index contributed by atoms with van der Waals surface area (Å²) in [5.41, 5.74) is 8.20. The van der Waals surface area contributed by atoms with Gasteiger partial charge in [-0.25, -0.2) is 4.98 Å². The summed E-state index contributed by atoms with van der Waals surface area (Å²) in [6.45, 7) is 0. The van der Waals surface area contributed by atoms with Gasteiger partial charge in [-0.2, -0.15) is 0 Å². The molecule has 2 heterocycles. The number of nitrogens with two attached hydrogens (primary N) is 1. The molecule has 0 saturated carbocycles. The van der Waals surface area contributed by atoms with E-state index < -0.39 is 0 Å².